The summed E-state index contributed by atoms with van der Waals surface area (Å²) in [5.74, 6) is 1.59. The Kier molecular flexibility index (Phi) is 5.95. The highest BCUT2D eigenvalue weighted by Gasteiger charge is 2.32. The first-order valence-corrected chi connectivity index (χ1v) is 10.2. The quantitative estimate of drug-likeness (QED) is 0.563. The van der Waals surface area contributed by atoms with Crippen LogP contribution in [-0.2, 0) is 6.42 Å². The Bertz CT molecular complexity index is 1050. The predicted molar refractivity (Wildman–Crippen MR) is 114 cm³/mol. The van der Waals surface area contributed by atoms with Crippen molar-refractivity contribution < 1.29 is 18.8 Å². The van der Waals surface area contributed by atoms with Crippen molar-refractivity contribution in [3.05, 3.63) is 64.8 Å². The predicted octanol–water partition coefficient (Wildman–Crippen LogP) is 4.86. The van der Waals surface area contributed by atoms with Gasteiger partial charge < -0.3 is 18.9 Å². The molecule has 4 rings (SSSR count). The summed E-state index contributed by atoms with van der Waals surface area (Å²) < 4.78 is 16.2. The van der Waals surface area contributed by atoms with Crippen LogP contribution in [0.1, 0.15) is 28.9 Å². The molecule has 0 radical (unpaired) electrons. The van der Waals surface area contributed by atoms with E-state index >= 15 is 0 Å². The minimum atomic E-state index is -0.138. The average molecular weight is 427 g/mol. The third kappa shape index (κ3) is 4.00. The van der Waals surface area contributed by atoms with Crippen LogP contribution in [0.4, 0.5) is 0 Å². The molecule has 156 valence electrons. The van der Waals surface area contributed by atoms with E-state index in [2.05, 4.69) is 5.16 Å². The molecule has 1 aliphatic heterocycles. The number of likely N-dealkylation sites (tertiary alicyclic amines) is 1. The second kappa shape index (κ2) is 8.79. The highest BCUT2D eigenvalue weighted by Crippen LogP contribution is 2.34. The zero-order valence-electron chi connectivity index (χ0n) is 16.9. The van der Waals surface area contributed by atoms with E-state index in [9.17, 15) is 4.79 Å². The molecule has 3 aromatic rings. The third-order valence-electron chi connectivity index (χ3n) is 5.45. The maximum Gasteiger partial charge on any atom is 0.276 e. The van der Waals surface area contributed by atoms with Gasteiger partial charge in [0.1, 0.15) is 11.5 Å². The van der Waals surface area contributed by atoms with E-state index in [0.717, 1.165) is 29.8 Å². The van der Waals surface area contributed by atoms with Crippen LogP contribution in [0.25, 0.3) is 11.3 Å². The van der Waals surface area contributed by atoms with E-state index in [1.54, 1.807) is 38.5 Å². The minimum Gasteiger partial charge on any atom is -0.497 e. The number of carbonyl (C=O) groups excluding carboxylic acids is 1. The summed E-state index contributed by atoms with van der Waals surface area (Å²) >= 11 is 6.32. The molecule has 0 aliphatic carbocycles. The molecule has 1 aromatic heterocycles. The number of benzene rings is 2. The number of hydrogen-bond donors (Lipinski definition) is 0. The van der Waals surface area contributed by atoms with Crippen molar-refractivity contribution in [3.63, 3.8) is 0 Å². The number of amides is 1. The first-order chi connectivity index (χ1) is 14.6. The Morgan fingerprint density at radius 3 is 2.80 bits per heavy atom. The maximum absolute atomic E-state index is 13.2. The molecule has 1 atom stereocenters. The van der Waals surface area contributed by atoms with E-state index < -0.39 is 0 Å². The number of ether oxygens (including phenoxy) is 2. The fraction of sp³-hybridized carbons (Fsp3) is 0.304. The lowest BCUT2D eigenvalue weighted by atomic mass is 10.0. The summed E-state index contributed by atoms with van der Waals surface area (Å²) in [5, 5.41) is 4.77. The molecule has 1 unspecified atom stereocenters. The second-order valence-electron chi connectivity index (χ2n) is 7.23. The Morgan fingerprint density at radius 1 is 1.20 bits per heavy atom. The largest absolute Gasteiger partial charge is 0.497 e. The van der Waals surface area contributed by atoms with Crippen molar-refractivity contribution in [1.29, 1.82) is 0 Å². The molecule has 1 saturated heterocycles. The number of rotatable bonds is 6. The molecule has 0 N–H and O–H groups in total. The van der Waals surface area contributed by atoms with Gasteiger partial charge in [-0.2, -0.15) is 0 Å². The molecule has 6 nitrogen and oxygen atoms in total. The molecule has 2 aromatic carbocycles. The van der Waals surface area contributed by atoms with Crippen LogP contribution >= 0.6 is 11.6 Å². The van der Waals surface area contributed by atoms with Crippen LogP contribution in [0.15, 0.2) is 53.1 Å². The summed E-state index contributed by atoms with van der Waals surface area (Å²) in [5.41, 5.74) is 2.00. The number of methoxy groups -OCH3 is 2. The molecular weight excluding hydrogens is 404 g/mol. The van der Waals surface area contributed by atoms with Gasteiger partial charge in [0, 0.05) is 23.7 Å². The van der Waals surface area contributed by atoms with E-state index in [-0.39, 0.29) is 17.6 Å². The van der Waals surface area contributed by atoms with Gasteiger partial charge >= 0.3 is 0 Å². The zero-order valence-corrected chi connectivity index (χ0v) is 17.7. The number of carbonyl (C=O) groups is 1. The van der Waals surface area contributed by atoms with Gasteiger partial charge in [-0.3, -0.25) is 4.79 Å². The molecular formula is C23H23ClN2O4. The summed E-state index contributed by atoms with van der Waals surface area (Å²) in [6.45, 7) is 0.693. The van der Waals surface area contributed by atoms with Crippen LogP contribution in [0.3, 0.4) is 0 Å². The van der Waals surface area contributed by atoms with E-state index in [4.69, 9.17) is 25.6 Å². The Hall–Kier alpha value is -2.99. The summed E-state index contributed by atoms with van der Waals surface area (Å²) in [6.07, 6.45) is 2.61. The van der Waals surface area contributed by atoms with E-state index in [1.807, 2.05) is 29.2 Å². The lowest BCUT2D eigenvalue weighted by Crippen LogP contribution is -2.37. The van der Waals surface area contributed by atoms with Crippen molar-refractivity contribution in [2.75, 3.05) is 20.8 Å². The van der Waals surface area contributed by atoms with Gasteiger partial charge in [0.05, 0.1) is 19.8 Å². The van der Waals surface area contributed by atoms with Crippen molar-refractivity contribution >= 4 is 17.5 Å². The summed E-state index contributed by atoms with van der Waals surface area (Å²) in [4.78, 5) is 15.0. The highest BCUT2D eigenvalue weighted by molar-refractivity contribution is 6.31. The number of hydrogen-bond acceptors (Lipinski definition) is 5. The van der Waals surface area contributed by atoms with Crippen LogP contribution < -0.4 is 9.47 Å². The van der Waals surface area contributed by atoms with Gasteiger partial charge in [-0.25, -0.2) is 0 Å². The lowest BCUT2D eigenvalue weighted by molar-refractivity contribution is 0.0726. The molecule has 1 amide bonds. The number of aromatic nitrogens is 1. The molecule has 0 saturated carbocycles. The maximum atomic E-state index is 13.2. The normalized spacial score (nSPS) is 16.0. The molecule has 1 aliphatic rings. The third-order valence-corrected chi connectivity index (χ3v) is 5.82. The van der Waals surface area contributed by atoms with E-state index in [0.29, 0.717) is 29.4 Å². The molecule has 1 fully saturated rings. The van der Waals surface area contributed by atoms with Gasteiger partial charge in [-0.05, 0) is 49.1 Å². The van der Waals surface area contributed by atoms with E-state index in [1.165, 1.54) is 0 Å². The number of halogens is 1. The topological polar surface area (TPSA) is 64.8 Å². The molecule has 30 heavy (non-hydrogen) atoms. The van der Waals surface area contributed by atoms with Gasteiger partial charge in [0.25, 0.3) is 5.91 Å². The van der Waals surface area contributed by atoms with Crippen LogP contribution in [0, 0.1) is 0 Å². The first kappa shape index (κ1) is 20.3. The summed E-state index contributed by atoms with van der Waals surface area (Å²) in [7, 11) is 3.17. The van der Waals surface area contributed by atoms with Gasteiger partial charge in [-0.15, -0.1) is 0 Å². The molecule has 2 heterocycles. The Morgan fingerprint density at radius 2 is 2.03 bits per heavy atom. The fourth-order valence-corrected chi connectivity index (χ4v) is 4.10. The zero-order chi connectivity index (χ0) is 21.1. The molecule has 7 heteroatoms. The first-order valence-electron chi connectivity index (χ1n) is 9.84. The lowest BCUT2D eigenvalue weighted by Gasteiger charge is -2.24. The second-order valence-corrected chi connectivity index (χ2v) is 7.64. The monoisotopic (exact) mass is 426 g/mol. The van der Waals surface area contributed by atoms with Crippen molar-refractivity contribution in [3.8, 4) is 22.8 Å². The van der Waals surface area contributed by atoms with Gasteiger partial charge in [-0.1, -0.05) is 35.0 Å². The van der Waals surface area contributed by atoms with Crippen molar-refractivity contribution in [1.82, 2.24) is 10.1 Å². The van der Waals surface area contributed by atoms with Crippen LogP contribution in [0.2, 0.25) is 5.02 Å². The smallest absolute Gasteiger partial charge is 0.276 e. The molecule has 0 spiro atoms. The standard InChI is InChI=1S/C23H23ClN2O4/c1-28-17-9-10-21(29-2)18(13-17)22-14-20(25-30-22)23(27)26-11-5-7-16(26)12-15-6-3-4-8-19(15)24/h3-4,6,8-10,13-14,16H,5,7,11-12H2,1-2H3. The highest BCUT2D eigenvalue weighted by atomic mass is 35.5. The van der Waals surface area contributed by atoms with Crippen molar-refractivity contribution in [2.24, 2.45) is 0 Å². The fourth-order valence-electron chi connectivity index (χ4n) is 3.89. The average Bonchev–Trinajstić information content (AvgIpc) is 3.44. The summed E-state index contributed by atoms with van der Waals surface area (Å²) in [6, 6.07) is 14.9. The van der Waals surface area contributed by atoms with Gasteiger partial charge in [0.2, 0.25) is 0 Å². The Labute approximate surface area is 180 Å². The van der Waals surface area contributed by atoms with Gasteiger partial charge in [0.15, 0.2) is 11.5 Å². The van der Waals surface area contributed by atoms with Crippen LogP contribution in [-0.4, -0.2) is 42.8 Å². The Balaban J connectivity index is 1.56. The molecule has 0 bridgehead atoms. The number of nitrogens with zero attached hydrogens (tertiary/aromatic N) is 2. The SMILES string of the molecule is COc1ccc(OC)c(-c2cc(C(=O)N3CCCC3Cc3ccccc3Cl)no2)c1. The minimum absolute atomic E-state index is 0.0869. The van der Waals surface area contributed by atoms with Crippen molar-refractivity contribution in [2.45, 2.75) is 25.3 Å². The van der Waals surface area contributed by atoms with Crippen LogP contribution in [0.5, 0.6) is 11.5 Å².